The largest absolute Gasteiger partial charge is 0.459 e. The van der Waals surface area contributed by atoms with Crippen LogP contribution in [0.3, 0.4) is 0 Å². The van der Waals surface area contributed by atoms with E-state index in [2.05, 4.69) is 15.3 Å². The van der Waals surface area contributed by atoms with Gasteiger partial charge in [0.05, 0.1) is 32.8 Å². The van der Waals surface area contributed by atoms with Crippen molar-refractivity contribution in [2.75, 3.05) is 33.0 Å². The number of thiophene rings is 1. The highest BCUT2D eigenvalue weighted by atomic mass is 32.1. The second-order valence-corrected chi connectivity index (χ2v) is 7.20. The van der Waals surface area contributed by atoms with Gasteiger partial charge in [-0.15, -0.1) is 11.3 Å². The molecule has 2 aromatic rings. The monoisotopic (exact) mass is 407 g/mol. The molecule has 1 aliphatic rings. The Labute approximate surface area is 167 Å². The first-order chi connectivity index (χ1) is 13.8. The molecule has 3 N–H and O–H groups in total. The molecule has 152 valence electrons. The number of nitrogens with zero attached hydrogens (tertiary/aromatic N) is 1. The molecule has 3 heterocycles. The molecule has 0 aliphatic carbocycles. The molecule has 3 rings (SSSR count). The average molecular weight is 407 g/mol. The third-order valence-corrected chi connectivity index (χ3v) is 5.20. The number of aromatic amines is 1. The van der Waals surface area contributed by atoms with Gasteiger partial charge < -0.3 is 29.6 Å². The van der Waals surface area contributed by atoms with Crippen molar-refractivity contribution < 1.29 is 24.1 Å². The molecule has 28 heavy (non-hydrogen) atoms. The van der Waals surface area contributed by atoms with Crippen LogP contribution < -0.4 is 5.32 Å². The highest BCUT2D eigenvalue weighted by molar-refractivity contribution is 7.10. The summed E-state index contributed by atoms with van der Waals surface area (Å²) in [5, 5.41) is 13.6. The normalized spacial score (nSPS) is 19.1. The summed E-state index contributed by atoms with van der Waals surface area (Å²) in [6, 6.07) is 4.04. The Kier molecular flexibility index (Phi) is 8.04. The number of carbonyl (C=O) groups excluding carboxylic acids is 1. The van der Waals surface area contributed by atoms with Gasteiger partial charge in [0.2, 0.25) is 6.29 Å². The molecular formula is C19H25N3O5S. The Hall–Kier alpha value is -2.20. The predicted octanol–water partition coefficient (Wildman–Crippen LogP) is 1.57. The summed E-state index contributed by atoms with van der Waals surface area (Å²) in [6.07, 6.45) is 5.98. The number of aliphatic hydroxyl groups is 1. The van der Waals surface area contributed by atoms with Crippen molar-refractivity contribution in [1.29, 1.82) is 0 Å². The van der Waals surface area contributed by atoms with Crippen LogP contribution in [0.15, 0.2) is 41.9 Å². The smallest absolute Gasteiger partial charge is 0.286 e. The van der Waals surface area contributed by atoms with Gasteiger partial charge >= 0.3 is 0 Å². The molecule has 1 amide bonds. The maximum absolute atomic E-state index is 12.6. The number of aliphatic hydroxyl groups excluding tert-OH is 1. The first-order valence-corrected chi connectivity index (χ1v) is 10.1. The molecule has 0 spiro atoms. The highest BCUT2D eigenvalue weighted by Gasteiger charge is 2.29. The Bertz CT molecular complexity index is 733. The molecule has 9 heteroatoms. The standard InChI is InChI=1S/C19H25N3O5S/c23-5-6-25-7-8-26-18-11-14(17-2-1-9-28-17)10-16(27-18)19(24)21-4-3-15-12-20-13-22-15/h1-2,9-10,12-14,18,23H,3-8,11H2,(H,20,22)(H,21,24)/t14-,18+/m1/s1. The van der Waals surface area contributed by atoms with Crippen molar-refractivity contribution in [3.05, 3.63) is 52.4 Å². The molecule has 0 saturated carbocycles. The SMILES string of the molecule is O=C(NCCc1cnc[nH]1)C1=C[C@@H](c2cccs2)C[C@@H](OCCOCCO)O1. The lowest BCUT2D eigenvalue weighted by Gasteiger charge is -2.28. The zero-order valence-corrected chi connectivity index (χ0v) is 16.3. The Morgan fingerprint density at radius 3 is 3.11 bits per heavy atom. The Balaban J connectivity index is 1.55. The number of H-pyrrole nitrogens is 1. The number of ether oxygens (including phenoxy) is 3. The minimum atomic E-state index is -0.525. The number of allylic oxidation sites excluding steroid dienone is 1. The molecule has 0 bridgehead atoms. The van der Waals surface area contributed by atoms with Crippen molar-refractivity contribution in [2.45, 2.75) is 25.0 Å². The van der Waals surface area contributed by atoms with Gasteiger partial charge in [-0.1, -0.05) is 6.07 Å². The van der Waals surface area contributed by atoms with Gasteiger partial charge in [0.15, 0.2) is 5.76 Å². The van der Waals surface area contributed by atoms with Crippen molar-refractivity contribution >= 4 is 17.2 Å². The second-order valence-electron chi connectivity index (χ2n) is 6.23. The molecule has 0 fully saturated rings. The van der Waals surface area contributed by atoms with E-state index < -0.39 is 6.29 Å². The van der Waals surface area contributed by atoms with E-state index in [1.54, 1.807) is 23.9 Å². The lowest BCUT2D eigenvalue weighted by Crippen LogP contribution is -2.34. The lowest BCUT2D eigenvalue weighted by molar-refractivity contribution is -0.151. The lowest BCUT2D eigenvalue weighted by atomic mass is 9.99. The fourth-order valence-corrected chi connectivity index (χ4v) is 3.65. The maximum atomic E-state index is 12.6. The zero-order chi connectivity index (χ0) is 19.6. The molecular weight excluding hydrogens is 382 g/mol. The van der Waals surface area contributed by atoms with Crippen LogP contribution in [-0.2, 0) is 25.4 Å². The topological polar surface area (TPSA) is 106 Å². The molecule has 2 aromatic heterocycles. The van der Waals surface area contributed by atoms with Crippen LogP contribution in [0.2, 0.25) is 0 Å². The van der Waals surface area contributed by atoms with Gasteiger partial charge in [-0.05, 0) is 17.5 Å². The summed E-state index contributed by atoms with van der Waals surface area (Å²) >= 11 is 1.65. The molecule has 1 aliphatic heterocycles. The molecule has 0 aromatic carbocycles. The summed E-state index contributed by atoms with van der Waals surface area (Å²) in [5.41, 5.74) is 0.958. The van der Waals surface area contributed by atoms with E-state index in [0.717, 1.165) is 10.6 Å². The van der Waals surface area contributed by atoms with Gasteiger partial charge in [-0.2, -0.15) is 0 Å². The van der Waals surface area contributed by atoms with Gasteiger partial charge in [0, 0.05) is 42.1 Å². The van der Waals surface area contributed by atoms with Crippen LogP contribution in [0, 0.1) is 0 Å². The summed E-state index contributed by atoms with van der Waals surface area (Å²) in [5.74, 6) is 0.0758. The van der Waals surface area contributed by atoms with Gasteiger partial charge in [0.25, 0.3) is 5.91 Å². The van der Waals surface area contributed by atoms with Crippen molar-refractivity contribution in [3.63, 3.8) is 0 Å². The molecule has 2 atom stereocenters. The predicted molar refractivity (Wildman–Crippen MR) is 104 cm³/mol. The maximum Gasteiger partial charge on any atom is 0.286 e. The van der Waals surface area contributed by atoms with Crippen molar-refractivity contribution in [3.8, 4) is 0 Å². The van der Waals surface area contributed by atoms with Crippen molar-refractivity contribution in [1.82, 2.24) is 15.3 Å². The van der Waals surface area contributed by atoms with Crippen LogP contribution in [0.5, 0.6) is 0 Å². The first-order valence-electron chi connectivity index (χ1n) is 9.24. The molecule has 0 radical (unpaired) electrons. The quantitative estimate of drug-likeness (QED) is 0.488. The molecule has 8 nitrogen and oxygen atoms in total. The van der Waals surface area contributed by atoms with E-state index in [4.69, 9.17) is 19.3 Å². The Morgan fingerprint density at radius 2 is 2.36 bits per heavy atom. The fraction of sp³-hybridized carbons (Fsp3) is 0.474. The minimum Gasteiger partial charge on any atom is -0.459 e. The van der Waals surface area contributed by atoms with E-state index >= 15 is 0 Å². The van der Waals surface area contributed by atoms with E-state index in [0.29, 0.717) is 32.6 Å². The third-order valence-electron chi connectivity index (χ3n) is 4.19. The van der Waals surface area contributed by atoms with Crippen LogP contribution in [0.1, 0.15) is 22.9 Å². The fourth-order valence-electron chi connectivity index (χ4n) is 2.84. The molecule has 0 unspecified atom stereocenters. The van der Waals surface area contributed by atoms with Crippen LogP contribution in [0.25, 0.3) is 0 Å². The number of carbonyl (C=O) groups is 1. The third kappa shape index (κ3) is 6.16. The van der Waals surface area contributed by atoms with Crippen LogP contribution in [0.4, 0.5) is 0 Å². The highest BCUT2D eigenvalue weighted by Crippen LogP contribution is 2.33. The minimum absolute atomic E-state index is 0.0218. The van der Waals surface area contributed by atoms with Crippen LogP contribution in [-0.4, -0.2) is 60.2 Å². The summed E-state index contributed by atoms with van der Waals surface area (Å²) in [6.45, 7) is 1.42. The van der Waals surface area contributed by atoms with Gasteiger partial charge in [-0.25, -0.2) is 4.98 Å². The number of nitrogens with one attached hydrogen (secondary N) is 2. The second kappa shape index (κ2) is 11.0. The number of hydrogen-bond donors (Lipinski definition) is 3. The summed E-state index contributed by atoms with van der Waals surface area (Å²) in [4.78, 5) is 20.7. The van der Waals surface area contributed by atoms with Crippen molar-refractivity contribution in [2.24, 2.45) is 0 Å². The first kappa shape index (κ1) is 20.5. The summed E-state index contributed by atoms with van der Waals surface area (Å²) in [7, 11) is 0. The van der Waals surface area contributed by atoms with Gasteiger partial charge in [-0.3, -0.25) is 4.79 Å². The number of rotatable bonds is 11. The molecule has 0 saturated heterocycles. The van der Waals surface area contributed by atoms with E-state index in [-0.39, 0.29) is 30.8 Å². The van der Waals surface area contributed by atoms with E-state index in [9.17, 15) is 4.79 Å². The zero-order valence-electron chi connectivity index (χ0n) is 15.5. The number of amides is 1. The van der Waals surface area contributed by atoms with Gasteiger partial charge in [0.1, 0.15) is 0 Å². The number of aromatic nitrogens is 2. The summed E-state index contributed by atoms with van der Waals surface area (Å²) < 4.78 is 16.7. The van der Waals surface area contributed by atoms with E-state index in [1.165, 1.54) is 0 Å². The number of imidazole rings is 1. The Morgan fingerprint density at radius 1 is 1.43 bits per heavy atom. The van der Waals surface area contributed by atoms with Crippen LogP contribution >= 0.6 is 11.3 Å². The number of hydrogen-bond acceptors (Lipinski definition) is 7. The van der Waals surface area contributed by atoms with E-state index in [1.807, 2.05) is 23.6 Å². The average Bonchev–Trinajstić information content (AvgIpc) is 3.42.